The van der Waals surface area contributed by atoms with Crippen LogP contribution in [-0.2, 0) is 23.4 Å². The molecule has 0 saturated carbocycles. The first-order valence-electron chi connectivity index (χ1n) is 17.4. The van der Waals surface area contributed by atoms with Crippen molar-refractivity contribution in [2.45, 2.75) is 114 Å². The van der Waals surface area contributed by atoms with E-state index in [1.165, 1.54) is 27.9 Å². The van der Waals surface area contributed by atoms with Gasteiger partial charge in [0.1, 0.15) is 42.8 Å². The summed E-state index contributed by atoms with van der Waals surface area (Å²) in [5, 5.41) is 2.65. The maximum Gasteiger partial charge on any atom is 0.471 e. The van der Waals surface area contributed by atoms with Crippen molar-refractivity contribution in [3.63, 3.8) is 0 Å². The second kappa shape index (κ2) is 19.7. The van der Waals surface area contributed by atoms with Crippen LogP contribution in [0.3, 0.4) is 0 Å². The topological polar surface area (TPSA) is 112 Å². The summed E-state index contributed by atoms with van der Waals surface area (Å²) in [6.45, 7) is 21.5. The zero-order chi connectivity index (χ0) is 40.5. The molecule has 1 fully saturated rings. The number of hydrogen-bond acceptors (Lipinski definition) is 12. The normalized spacial score (nSPS) is 18.7. The van der Waals surface area contributed by atoms with Crippen LogP contribution in [0.4, 0.5) is 19.0 Å². The third-order valence-corrected chi connectivity index (χ3v) is 18.8. The standard InChI is InChI=1S/C35H55F3N6O5S4Si/c1-32(2,3)52-51-23-47-25-16-27(49-26(25)18-48-54(11,12)33(4,5)6)44-17-24(28-29(42-21-43(9)10)40-20-41-30(28)44)14-13-15-46-22-50-53-34(7,8)19-39-31(45)35(36,37)38/h17,20-21,25-27H,15-16,18-19,22-23H2,1-12H3,(H,39,45)/t25?,26-,27-/m1/s1. The minimum absolute atomic E-state index is 0.0434. The molecular weight excluding hydrogens is 798 g/mol. The summed E-state index contributed by atoms with van der Waals surface area (Å²) in [5.41, 5.74) is 1.28. The Balaban J connectivity index is 1.80. The van der Waals surface area contributed by atoms with Gasteiger partial charge in [-0.2, -0.15) is 13.2 Å². The number of amides is 1. The number of hydrogen-bond donors (Lipinski definition) is 1. The molecule has 1 N–H and O–H groups in total. The van der Waals surface area contributed by atoms with Crippen LogP contribution in [0.5, 0.6) is 0 Å². The van der Waals surface area contributed by atoms with Crippen molar-refractivity contribution in [1.82, 2.24) is 24.8 Å². The van der Waals surface area contributed by atoms with Gasteiger partial charge in [-0.15, -0.1) is 0 Å². The van der Waals surface area contributed by atoms with E-state index in [9.17, 15) is 18.0 Å². The van der Waals surface area contributed by atoms with Crippen LogP contribution in [0.15, 0.2) is 17.5 Å². The molecule has 19 heteroatoms. The summed E-state index contributed by atoms with van der Waals surface area (Å²) in [4.78, 5) is 26.7. The molecule has 0 bridgehead atoms. The molecule has 0 aliphatic carbocycles. The van der Waals surface area contributed by atoms with E-state index in [2.05, 4.69) is 81.4 Å². The molecule has 1 amide bonds. The number of nitrogens with zero attached hydrogens (tertiary/aromatic N) is 5. The summed E-state index contributed by atoms with van der Waals surface area (Å²) in [6, 6.07) is 0. The third-order valence-electron chi connectivity index (χ3n) is 8.29. The van der Waals surface area contributed by atoms with Crippen molar-refractivity contribution in [3.05, 3.63) is 18.1 Å². The van der Waals surface area contributed by atoms with E-state index in [4.69, 9.17) is 18.6 Å². The van der Waals surface area contributed by atoms with Gasteiger partial charge < -0.3 is 33.4 Å². The van der Waals surface area contributed by atoms with Crippen molar-refractivity contribution in [1.29, 1.82) is 0 Å². The van der Waals surface area contributed by atoms with Gasteiger partial charge in [-0.05, 0) is 32.0 Å². The Morgan fingerprint density at radius 1 is 1.11 bits per heavy atom. The predicted molar refractivity (Wildman–Crippen MR) is 222 cm³/mol. The molecule has 1 unspecified atom stereocenters. The van der Waals surface area contributed by atoms with Crippen LogP contribution in [0.2, 0.25) is 18.1 Å². The molecule has 3 heterocycles. The van der Waals surface area contributed by atoms with Crippen molar-refractivity contribution in [2.75, 3.05) is 45.7 Å². The molecule has 1 saturated heterocycles. The van der Waals surface area contributed by atoms with Gasteiger partial charge in [0.25, 0.3) is 0 Å². The van der Waals surface area contributed by atoms with Crippen LogP contribution >= 0.6 is 43.2 Å². The Hall–Kier alpha value is -1.63. The Morgan fingerprint density at radius 3 is 2.43 bits per heavy atom. The van der Waals surface area contributed by atoms with E-state index < -0.39 is 31.4 Å². The molecule has 3 rings (SSSR count). The SMILES string of the molecule is CN(C)C=Nc1ncnc2c1c(C#CCOCSSC(C)(C)CNC(=O)C(F)(F)F)cn2[C@H]1CC(OCSSC(C)(C)C)[C@@H](CO[Si](C)(C)C(C)(C)C)O1. The van der Waals surface area contributed by atoms with E-state index in [0.29, 0.717) is 41.4 Å². The zero-order valence-electron chi connectivity index (χ0n) is 33.3. The minimum atomic E-state index is -4.92. The maximum atomic E-state index is 12.6. The number of aliphatic imine (C=N–C) groups is 1. The van der Waals surface area contributed by atoms with Crippen molar-refractivity contribution < 1.29 is 36.6 Å². The van der Waals surface area contributed by atoms with Crippen molar-refractivity contribution in [2.24, 2.45) is 4.99 Å². The van der Waals surface area contributed by atoms with E-state index >= 15 is 0 Å². The summed E-state index contributed by atoms with van der Waals surface area (Å²) in [6.07, 6.45) is -0.183. The zero-order valence-corrected chi connectivity index (χ0v) is 37.5. The third kappa shape index (κ3) is 14.7. The fourth-order valence-electron chi connectivity index (χ4n) is 4.54. The quantitative estimate of drug-likeness (QED) is 0.0313. The van der Waals surface area contributed by atoms with Gasteiger partial charge in [0, 0.05) is 42.8 Å². The molecular formula is C35H55F3N6O5S4Si. The van der Waals surface area contributed by atoms with Gasteiger partial charge in [0.05, 0.1) is 30.0 Å². The molecule has 0 aromatic carbocycles. The number of ether oxygens (including phenoxy) is 3. The monoisotopic (exact) mass is 852 g/mol. The Kier molecular flexibility index (Phi) is 17.0. The first kappa shape index (κ1) is 46.7. The summed E-state index contributed by atoms with van der Waals surface area (Å²) in [7, 11) is 7.79. The fourth-order valence-corrected chi connectivity index (χ4v) is 9.68. The lowest BCUT2D eigenvalue weighted by molar-refractivity contribution is -0.173. The Labute approximate surface area is 335 Å². The maximum absolute atomic E-state index is 12.6. The van der Waals surface area contributed by atoms with Crippen molar-refractivity contribution >= 4 is 80.6 Å². The largest absolute Gasteiger partial charge is 0.471 e. The van der Waals surface area contributed by atoms with Gasteiger partial charge in [0.15, 0.2) is 14.1 Å². The average Bonchev–Trinajstić information content (AvgIpc) is 3.63. The second-order valence-corrected chi connectivity index (χ2v) is 26.9. The molecule has 3 atom stereocenters. The number of nitrogens with one attached hydrogen (secondary N) is 1. The summed E-state index contributed by atoms with van der Waals surface area (Å²) >= 11 is 0. The molecule has 304 valence electrons. The van der Waals surface area contributed by atoms with E-state index in [1.807, 2.05) is 35.1 Å². The molecule has 1 aliphatic heterocycles. The first-order valence-corrected chi connectivity index (χ1v) is 24.9. The van der Waals surface area contributed by atoms with Crippen LogP contribution < -0.4 is 5.32 Å². The number of carbonyl (C=O) groups is 1. The number of halogens is 3. The van der Waals surface area contributed by atoms with E-state index in [-0.39, 0.29) is 41.1 Å². The minimum Gasteiger partial charge on any atom is -0.414 e. The number of alkyl halides is 3. The van der Waals surface area contributed by atoms with Gasteiger partial charge in [0.2, 0.25) is 0 Å². The number of fused-ring (bicyclic) bond motifs is 1. The molecule has 0 radical (unpaired) electrons. The summed E-state index contributed by atoms with van der Waals surface area (Å²) < 4.78 is 64.6. The van der Waals surface area contributed by atoms with Crippen LogP contribution in [0, 0.1) is 11.8 Å². The molecule has 11 nitrogen and oxygen atoms in total. The molecule has 2 aromatic heterocycles. The Morgan fingerprint density at radius 2 is 1.80 bits per heavy atom. The molecule has 54 heavy (non-hydrogen) atoms. The smallest absolute Gasteiger partial charge is 0.414 e. The highest BCUT2D eigenvalue weighted by Gasteiger charge is 2.43. The van der Waals surface area contributed by atoms with Crippen LogP contribution in [0.25, 0.3) is 11.0 Å². The van der Waals surface area contributed by atoms with Crippen LogP contribution in [0.1, 0.15) is 73.6 Å². The fraction of sp³-hybridized carbons (Fsp3) is 0.714. The lowest BCUT2D eigenvalue weighted by Gasteiger charge is -2.37. The highest BCUT2D eigenvalue weighted by atomic mass is 33.1. The lowest BCUT2D eigenvalue weighted by Crippen LogP contribution is -2.44. The highest BCUT2D eigenvalue weighted by molar-refractivity contribution is 8.77. The van der Waals surface area contributed by atoms with Crippen LogP contribution in [-0.4, -0.2) is 114 Å². The lowest BCUT2D eigenvalue weighted by atomic mass is 10.2. The molecule has 2 aromatic rings. The number of aromatic nitrogens is 3. The average molecular weight is 853 g/mol. The van der Waals surface area contributed by atoms with Gasteiger partial charge in [-0.1, -0.05) is 96.6 Å². The molecule has 1 aliphatic rings. The molecule has 0 spiro atoms. The Bertz CT molecular complexity index is 1640. The van der Waals surface area contributed by atoms with Crippen molar-refractivity contribution in [3.8, 4) is 11.8 Å². The number of carbonyl (C=O) groups excluding carboxylic acids is 1. The summed E-state index contributed by atoms with van der Waals surface area (Å²) in [5.74, 6) is 5.53. The van der Waals surface area contributed by atoms with E-state index in [0.717, 1.165) is 0 Å². The van der Waals surface area contributed by atoms with Gasteiger partial charge >= 0.3 is 12.1 Å². The number of rotatable bonds is 17. The first-order chi connectivity index (χ1) is 24.9. The van der Waals surface area contributed by atoms with Gasteiger partial charge in [-0.3, -0.25) is 4.79 Å². The predicted octanol–water partition coefficient (Wildman–Crippen LogP) is 8.65. The highest BCUT2D eigenvalue weighted by Crippen LogP contribution is 2.41. The van der Waals surface area contributed by atoms with E-state index in [1.54, 1.807) is 41.8 Å². The van der Waals surface area contributed by atoms with Gasteiger partial charge in [-0.25, -0.2) is 15.0 Å². The second-order valence-electron chi connectivity index (χ2n) is 16.0.